The molecule has 1 N–H and O–H groups in total. The lowest BCUT2D eigenvalue weighted by atomic mass is 9.99. The third kappa shape index (κ3) is 3.55. The molecule has 0 unspecified atom stereocenters. The van der Waals surface area contributed by atoms with Crippen LogP contribution in [-0.2, 0) is 4.79 Å². The lowest BCUT2D eigenvalue weighted by molar-refractivity contribution is -0.133. The molecule has 2 aromatic heterocycles. The largest absolute Gasteiger partial charge is 0.481 e. The molecule has 0 radical (unpaired) electrons. The predicted molar refractivity (Wildman–Crippen MR) is 100 cm³/mol. The van der Waals surface area contributed by atoms with Gasteiger partial charge in [0.2, 0.25) is 0 Å². The molecule has 3 aromatic rings. The third-order valence-electron chi connectivity index (χ3n) is 3.58. The molecular weight excluding hydrogens is 364 g/mol. The molecule has 0 amide bonds. The first-order valence-corrected chi connectivity index (χ1v) is 9.59. The Labute approximate surface area is 152 Å². The first-order valence-electron chi connectivity index (χ1n) is 7.35. The van der Waals surface area contributed by atoms with Gasteiger partial charge in [-0.05, 0) is 17.0 Å². The van der Waals surface area contributed by atoms with Gasteiger partial charge in [-0.15, -0.1) is 11.3 Å². The van der Waals surface area contributed by atoms with E-state index in [2.05, 4.69) is 48.1 Å². The smallest absolute Gasteiger partial charge is 0.313 e. The van der Waals surface area contributed by atoms with Gasteiger partial charge in [0.05, 0.1) is 11.1 Å². The molecule has 0 saturated carbocycles. The molecule has 4 nitrogen and oxygen atoms in total. The van der Waals surface area contributed by atoms with Gasteiger partial charge >= 0.3 is 5.97 Å². The molecule has 7 heteroatoms. The number of thioether (sulfide) groups is 1. The topological polar surface area (TPSA) is 63.1 Å². The zero-order valence-electron chi connectivity index (χ0n) is 13.1. The van der Waals surface area contributed by atoms with E-state index in [4.69, 9.17) is 16.7 Å². The van der Waals surface area contributed by atoms with Gasteiger partial charge in [0, 0.05) is 10.9 Å². The minimum atomic E-state index is -0.906. The fraction of sp³-hybridized carbons (Fsp3) is 0.235. The standard InChI is InChI=1S/C17H15ClN2O2S2/c1-9(2)10-3-5-11(6-4-10)12-7-23-16-14(12)15(18)19-17(20-16)24-8-13(21)22/h3-7,9H,8H2,1-2H3,(H,21,22). The van der Waals surface area contributed by atoms with Gasteiger partial charge in [0.25, 0.3) is 0 Å². The molecule has 0 bridgehead atoms. The number of aliphatic carboxylic acids is 1. The van der Waals surface area contributed by atoms with Gasteiger partial charge in [0.15, 0.2) is 5.16 Å². The Hall–Kier alpha value is -1.63. The van der Waals surface area contributed by atoms with Gasteiger partial charge in [-0.25, -0.2) is 9.97 Å². The summed E-state index contributed by atoms with van der Waals surface area (Å²) in [7, 11) is 0. The number of aromatic nitrogens is 2. The van der Waals surface area contributed by atoms with Crippen LogP contribution in [-0.4, -0.2) is 26.8 Å². The Kier molecular flexibility index (Phi) is 5.08. The molecule has 1 aromatic carbocycles. The van der Waals surface area contributed by atoms with Crippen LogP contribution in [0.5, 0.6) is 0 Å². The average molecular weight is 379 g/mol. The van der Waals surface area contributed by atoms with E-state index in [1.54, 1.807) is 0 Å². The summed E-state index contributed by atoms with van der Waals surface area (Å²) >= 11 is 8.90. The Balaban J connectivity index is 1.99. The second-order valence-electron chi connectivity index (χ2n) is 5.59. The van der Waals surface area contributed by atoms with Crippen molar-refractivity contribution >= 4 is 50.9 Å². The summed E-state index contributed by atoms with van der Waals surface area (Å²) in [6.45, 7) is 4.33. The van der Waals surface area contributed by atoms with E-state index >= 15 is 0 Å². The van der Waals surface area contributed by atoms with Gasteiger partial charge < -0.3 is 5.11 Å². The van der Waals surface area contributed by atoms with Crippen LogP contribution in [0.15, 0.2) is 34.8 Å². The molecule has 24 heavy (non-hydrogen) atoms. The number of nitrogens with zero attached hydrogens (tertiary/aromatic N) is 2. The molecule has 0 saturated heterocycles. The maximum absolute atomic E-state index is 10.7. The van der Waals surface area contributed by atoms with Crippen LogP contribution in [0.4, 0.5) is 0 Å². The SMILES string of the molecule is CC(C)c1ccc(-c2csc3nc(SCC(=O)O)nc(Cl)c23)cc1. The summed E-state index contributed by atoms with van der Waals surface area (Å²) in [6, 6.07) is 8.41. The normalized spacial score (nSPS) is 11.3. The van der Waals surface area contributed by atoms with Crippen LogP contribution in [0, 0.1) is 0 Å². The summed E-state index contributed by atoms with van der Waals surface area (Å²) in [6.07, 6.45) is 0. The minimum Gasteiger partial charge on any atom is -0.481 e. The summed E-state index contributed by atoms with van der Waals surface area (Å²) in [5.74, 6) is -0.507. The number of halogens is 1. The maximum Gasteiger partial charge on any atom is 0.313 e. The summed E-state index contributed by atoms with van der Waals surface area (Å²) < 4.78 is 0. The van der Waals surface area contributed by atoms with E-state index in [-0.39, 0.29) is 5.75 Å². The average Bonchev–Trinajstić information content (AvgIpc) is 2.97. The van der Waals surface area contributed by atoms with Gasteiger partial charge in [0.1, 0.15) is 9.98 Å². The first kappa shape index (κ1) is 17.2. The lowest BCUT2D eigenvalue weighted by Gasteiger charge is -2.07. The summed E-state index contributed by atoms with van der Waals surface area (Å²) in [5, 5.41) is 12.3. The predicted octanol–water partition coefficient (Wildman–Crippen LogP) is 5.31. The van der Waals surface area contributed by atoms with Crippen LogP contribution in [0.25, 0.3) is 21.3 Å². The number of carbonyl (C=O) groups is 1. The monoisotopic (exact) mass is 378 g/mol. The fourth-order valence-electron chi connectivity index (χ4n) is 2.33. The van der Waals surface area contributed by atoms with Gasteiger partial charge in [-0.3, -0.25) is 4.79 Å². The number of hydrogen-bond acceptors (Lipinski definition) is 5. The highest BCUT2D eigenvalue weighted by Crippen LogP contribution is 2.38. The Morgan fingerprint density at radius 2 is 2.00 bits per heavy atom. The first-order chi connectivity index (χ1) is 11.5. The van der Waals surface area contributed by atoms with E-state index < -0.39 is 5.97 Å². The molecule has 2 heterocycles. The van der Waals surface area contributed by atoms with E-state index in [1.807, 2.05) is 5.38 Å². The molecule has 0 fully saturated rings. The molecule has 3 rings (SSSR count). The number of hydrogen-bond donors (Lipinski definition) is 1. The van der Waals surface area contributed by atoms with Crippen molar-refractivity contribution in [3.05, 3.63) is 40.4 Å². The van der Waals surface area contributed by atoms with Crippen molar-refractivity contribution in [1.29, 1.82) is 0 Å². The highest BCUT2D eigenvalue weighted by Gasteiger charge is 2.15. The van der Waals surface area contributed by atoms with Crippen molar-refractivity contribution in [2.24, 2.45) is 0 Å². The number of fused-ring (bicyclic) bond motifs is 1. The summed E-state index contributed by atoms with van der Waals surface area (Å²) in [4.78, 5) is 20.1. The van der Waals surface area contributed by atoms with Crippen LogP contribution in [0.3, 0.4) is 0 Å². The molecule has 0 aliphatic rings. The van der Waals surface area contributed by atoms with Crippen molar-refractivity contribution in [3.8, 4) is 11.1 Å². The molecule has 0 spiro atoms. The lowest BCUT2D eigenvalue weighted by Crippen LogP contribution is -1.99. The summed E-state index contributed by atoms with van der Waals surface area (Å²) in [5.41, 5.74) is 3.36. The van der Waals surface area contributed by atoms with Gasteiger partial charge in [-0.1, -0.05) is 61.5 Å². The number of rotatable bonds is 5. The second-order valence-corrected chi connectivity index (χ2v) is 7.74. The minimum absolute atomic E-state index is 0.0866. The highest BCUT2D eigenvalue weighted by molar-refractivity contribution is 7.99. The van der Waals surface area contributed by atoms with E-state index in [9.17, 15) is 4.79 Å². The highest BCUT2D eigenvalue weighted by atomic mass is 35.5. The van der Waals surface area contributed by atoms with Crippen LogP contribution < -0.4 is 0 Å². The van der Waals surface area contributed by atoms with Crippen molar-refractivity contribution < 1.29 is 9.90 Å². The quantitative estimate of drug-likeness (QED) is 0.370. The van der Waals surface area contributed by atoms with E-state index in [1.165, 1.54) is 16.9 Å². The second kappa shape index (κ2) is 7.09. The van der Waals surface area contributed by atoms with E-state index in [0.717, 1.165) is 33.1 Å². The molecule has 0 aliphatic carbocycles. The number of carboxylic acids is 1. The molecule has 0 atom stereocenters. The molecule has 0 aliphatic heterocycles. The van der Waals surface area contributed by atoms with Crippen molar-refractivity contribution in [3.63, 3.8) is 0 Å². The zero-order chi connectivity index (χ0) is 17.3. The number of thiophene rings is 1. The number of benzene rings is 1. The van der Waals surface area contributed by atoms with Crippen LogP contribution >= 0.6 is 34.7 Å². The molecular formula is C17H15ClN2O2S2. The maximum atomic E-state index is 10.7. The Morgan fingerprint density at radius 1 is 1.29 bits per heavy atom. The molecule has 124 valence electrons. The van der Waals surface area contributed by atoms with Gasteiger partial charge in [-0.2, -0.15) is 0 Å². The van der Waals surface area contributed by atoms with Crippen LogP contribution in [0.2, 0.25) is 5.15 Å². The number of carboxylic acid groups (broad SMARTS) is 1. The zero-order valence-corrected chi connectivity index (χ0v) is 15.5. The Morgan fingerprint density at radius 3 is 2.62 bits per heavy atom. The third-order valence-corrected chi connectivity index (χ3v) is 5.56. The van der Waals surface area contributed by atoms with Crippen molar-refractivity contribution in [2.45, 2.75) is 24.9 Å². The van der Waals surface area contributed by atoms with Crippen molar-refractivity contribution in [1.82, 2.24) is 9.97 Å². The fourth-order valence-corrected chi connectivity index (χ4v) is 4.28. The van der Waals surface area contributed by atoms with Crippen molar-refractivity contribution in [2.75, 3.05) is 5.75 Å². The van der Waals surface area contributed by atoms with E-state index in [0.29, 0.717) is 16.2 Å². The van der Waals surface area contributed by atoms with Crippen LogP contribution in [0.1, 0.15) is 25.3 Å². The Bertz CT molecular complexity index is 891.